The molecular weight excluding hydrogens is 259 g/mol. The smallest absolute Gasteiger partial charge is 0.172 e. The van der Waals surface area contributed by atoms with E-state index >= 15 is 0 Å². The van der Waals surface area contributed by atoms with Crippen molar-refractivity contribution in [1.29, 1.82) is 0 Å². The molecule has 5 nitrogen and oxygen atoms in total. The van der Waals surface area contributed by atoms with E-state index in [0.717, 1.165) is 5.56 Å². The number of aldehydes is 1. The maximum absolute atomic E-state index is 13.0. The fourth-order valence-corrected chi connectivity index (χ4v) is 1.92. The Morgan fingerprint density at radius 3 is 2.40 bits per heavy atom. The molecular formula is C14H9FN4O. The number of pyridine rings is 1. The van der Waals surface area contributed by atoms with Crippen LogP contribution in [0.25, 0.3) is 16.9 Å². The molecule has 0 N–H and O–H groups in total. The van der Waals surface area contributed by atoms with E-state index in [2.05, 4.69) is 15.3 Å². The maximum Gasteiger partial charge on any atom is 0.172 e. The van der Waals surface area contributed by atoms with Crippen LogP contribution in [0, 0.1) is 5.82 Å². The third-order valence-electron chi connectivity index (χ3n) is 2.83. The van der Waals surface area contributed by atoms with Gasteiger partial charge in [-0.3, -0.25) is 9.78 Å². The van der Waals surface area contributed by atoms with Crippen molar-refractivity contribution < 1.29 is 9.18 Å². The van der Waals surface area contributed by atoms with Crippen molar-refractivity contribution >= 4 is 6.29 Å². The summed E-state index contributed by atoms with van der Waals surface area (Å²) in [7, 11) is 0. The molecule has 0 atom stereocenters. The monoisotopic (exact) mass is 268 g/mol. The van der Waals surface area contributed by atoms with Gasteiger partial charge >= 0.3 is 0 Å². The Kier molecular flexibility index (Phi) is 3.04. The molecule has 0 radical (unpaired) electrons. The summed E-state index contributed by atoms with van der Waals surface area (Å²) in [5.41, 5.74) is 2.16. The Bertz CT molecular complexity index is 738. The molecule has 0 aliphatic carbocycles. The number of rotatable bonds is 3. The minimum atomic E-state index is -0.338. The number of carbonyl (C=O) groups excluding carboxylic acids is 1. The highest BCUT2D eigenvalue weighted by atomic mass is 19.1. The van der Waals surface area contributed by atoms with Gasteiger partial charge in [-0.25, -0.2) is 9.07 Å². The van der Waals surface area contributed by atoms with Gasteiger partial charge < -0.3 is 0 Å². The van der Waals surface area contributed by atoms with Crippen LogP contribution >= 0.6 is 0 Å². The van der Waals surface area contributed by atoms with Crippen LogP contribution in [0.4, 0.5) is 4.39 Å². The zero-order valence-electron chi connectivity index (χ0n) is 10.3. The number of benzene rings is 1. The summed E-state index contributed by atoms with van der Waals surface area (Å²) in [6, 6.07) is 9.31. The minimum Gasteiger partial charge on any atom is -0.296 e. The van der Waals surface area contributed by atoms with Gasteiger partial charge in [0.15, 0.2) is 12.0 Å². The Hall–Kier alpha value is -2.89. The van der Waals surface area contributed by atoms with Gasteiger partial charge in [-0.05, 0) is 36.4 Å². The van der Waals surface area contributed by atoms with Crippen molar-refractivity contribution in [2.45, 2.75) is 0 Å². The molecule has 0 saturated heterocycles. The average molecular weight is 268 g/mol. The van der Waals surface area contributed by atoms with Crippen molar-refractivity contribution in [1.82, 2.24) is 20.0 Å². The third-order valence-corrected chi connectivity index (χ3v) is 2.83. The van der Waals surface area contributed by atoms with Crippen LogP contribution in [0.5, 0.6) is 0 Å². The Morgan fingerprint density at radius 1 is 1.05 bits per heavy atom. The van der Waals surface area contributed by atoms with E-state index in [1.807, 2.05) is 0 Å². The van der Waals surface area contributed by atoms with Crippen LogP contribution in [-0.4, -0.2) is 26.3 Å². The number of hydrogen-bond donors (Lipinski definition) is 0. The first-order valence-electron chi connectivity index (χ1n) is 5.87. The summed E-state index contributed by atoms with van der Waals surface area (Å²) in [6.45, 7) is 0. The molecule has 0 saturated carbocycles. The Balaban J connectivity index is 2.20. The van der Waals surface area contributed by atoms with Crippen LogP contribution < -0.4 is 0 Å². The summed E-state index contributed by atoms with van der Waals surface area (Å²) in [6.07, 6.45) is 3.88. The number of aromatic nitrogens is 4. The first-order valence-corrected chi connectivity index (χ1v) is 5.87. The van der Waals surface area contributed by atoms with E-state index in [0.29, 0.717) is 17.7 Å². The first-order chi connectivity index (χ1) is 9.79. The zero-order valence-corrected chi connectivity index (χ0v) is 10.3. The zero-order chi connectivity index (χ0) is 13.9. The van der Waals surface area contributed by atoms with Gasteiger partial charge in [0.05, 0.1) is 5.69 Å². The normalized spacial score (nSPS) is 10.4. The first kappa shape index (κ1) is 12.2. The number of halogens is 1. The van der Waals surface area contributed by atoms with Gasteiger partial charge in [-0.15, -0.1) is 5.10 Å². The lowest BCUT2D eigenvalue weighted by Crippen LogP contribution is -2.00. The van der Waals surface area contributed by atoms with Crippen LogP contribution in [0.3, 0.4) is 0 Å². The molecule has 2 aromatic heterocycles. The van der Waals surface area contributed by atoms with E-state index in [1.54, 1.807) is 36.7 Å². The third kappa shape index (κ3) is 2.07. The second-order valence-corrected chi connectivity index (χ2v) is 4.07. The molecule has 0 spiro atoms. The van der Waals surface area contributed by atoms with Gasteiger partial charge in [0.1, 0.15) is 11.5 Å². The molecule has 0 amide bonds. The molecule has 0 aliphatic heterocycles. The summed E-state index contributed by atoms with van der Waals surface area (Å²) < 4.78 is 14.5. The molecule has 6 heteroatoms. The lowest BCUT2D eigenvalue weighted by molar-refractivity contribution is 0.111. The van der Waals surface area contributed by atoms with Crippen LogP contribution in [-0.2, 0) is 0 Å². The quantitative estimate of drug-likeness (QED) is 0.684. The standard InChI is InChI=1S/C14H9FN4O/c15-11-1-3-12(4-2-11)19-14(13(9-20)17-18-19)10-5-7-16-8-6-10/h1-9H. The molecule has 98 valence electrons. The highest BCUT2D eigenvalue weighted by molar-refractivity contribution is 5.83. The summed E-state index contributed by atoms with van der Waals surface area (Å²) in [5, 5.41) is 7.80. The van der Waals surface area contributed by atoms with Crippen molar-refractivity contribution in [2.75, 3.05) is 0 Å². The van der Waals surface area contributed by atoms with Gasteiger partial charge in [0.25, 0.3) is 0 Å². The summed E-state index contributed by atoms with van der Waals surface area (Å²) in [5.74, 6) is -0.338. The van der Waals surface area contributed by atoms with Crippen molar-refractivity contribution in [3.63, 3.8) is 0 Å². The van der Waals surface area contributed by atoms with Gasteiger partial charge in [-0.2, -0.15) is 0 Å². The number of nitrogens with zero attached hydrogens (tertiary/aromatic N) is 4. The van der Waals surface area contributed by atoms with E-state index in [4.69, 9.17) is 0 Å². The van der Waals surface area contributed by atoms with Crippen LogP contribution in [0.15, 0.2) is 48.8 Å². The topological polar surface area (TPSA) is 60.7 Å². The van der Waals surface area contributed by atoms with Crippen molar-refractivity contribution in [2.24, 2.45) is 0 Å². The predicted molar refractivity (Wildman–Crippen MR) is 69.9 cm³/mol. The average Bonchev–Trinajstić information content (AvgIpc) is 2.93. The van der Waals surface area contributed by atoms with E-state index in [1.165, 1.54) is 16.8 Å². The highest BCUT2D eigenvalue weighted by Gasteiger charge is 2.15. The van der Waals surface area contributed by atoms with E-state index in [-0.39, 0.29) is 11.5 Å². The van der Waals surface area contributed by atoms with E-state index in [9.17, 15) is 9.18 Å². The second-order valence-electron chi connectivity index (χ2n) is 4.07. The Labute approximate surface area is 113 Å². The molecule has 0 bridgehead atoms. The minimum absolute atomic E-state index is 0.223. The summed E-state index contributed by atoms with van der Waals surface area (Å²) >= 11 is 0. The lowest BCUT2D eigenvalue weighted by Gasteiger charge is -2.06. The molecule has 0 fully saturated rings. The fraction of sp³-hybridized carbons (Fsp3) is 0. The molecule has 3 rings (SSSR count). The van der Waals surface area contributed by atoms with Gasteiger partial charge in [-0.1, -0.05) is 5.21 Å². The second kappa shape index (κ2) is 5.00. The largest absolute Gasteiger partial charge is 0.296 e. The number of carbonyl (C=O) groups is 1. The molecule has 2 heterocycles. The molecule has 3 aromatic rings. The van der Waals surface area contributed by atoms with Gasteiger partial charge in [0.2, 0.25) is 0 Å². The molecule has 0 unspecified atom stereocenters. The van der Waals surface area contributed by atoms with Crippen molar-refractivity contribution in [3.05, 3.63) is 60.3 Å². The van der Waals surface area contributed by atoms with Gasteiger partial charge in [0, 0.05) is 18.0 Å². The fourth-order valence-electron chi connectivity index (χ4n) is 1.92. The summed E-state index contributed by atoms with van der Waals surface area (Å²) in [4.78, 5) is 15.0. The predicted octanol–water partition coefficient (Wildman–Crippen LogP) is 2.28. The molecule has 0 aliphatic rings. The van der Waals surface area contributed by atoms with E-state index < -0.39 is 0 Å². The SMILES string of the molecule is O=Cc1nnn(-c2ccc(F)cc2)c1-c1ccncc1. The molecule has 1 aromatic carbocycles. The van der Waals surface area contributed by atoms with Crippen LogP contribution in [0.2, 0.25) is 0 Å². The maximum atomic E-state index is 13.0. The van der Waals surface area contributed by atoms with Crippen LogP contribution in [0.1, 0.15) is 10.5 Å². The lowest BCUT2D eigenvalue weighted by atomic mass is 10.1. The number of hydrogen-bond acceptors (Lipinski definition) is 4. The molecule has 20 heavy (non-hydrogen) atoms. The Morgan fingerprint density at radius 2 is 1.75 bits per heavy atom. The highest BCUT2D eigenvalue weighted by Crippen LogP contribution is 2.23. The van der Waals surface area contributed by atoms with Crippen molar-refractivity contribution in [3.8, 4) is 16.9 Å².